The number of rotatable bonds is 5. The van der Waals surface area contributed by atoms with Gasteiger partial charge in [-0.1, -0.05) is 13.3 Å². The second-order valence-corrected chi connectivity index (χ2v) is 4.62. The maximum atomic E-state index is 11.6. The SMILES string of the molecule is CC1CCCC1NC(=O)N[C@H](CC(=O)O)C(=O)O. The molecule has 18 heavy (non-hydrogen) atoms. The van der Waals surface area contributed by atoms with E-state index in [0.717, 1.165) is 19.3 Å². The number of nitrogens with one attached hydrogen (secondary N) is 2. The van der Waals surface area contributed by atoms with Crippen molar-refractivity contribution in [1.29, 1.82) is 0 Å². The Hall–Kier alpha value is -1.79. The molecule has 4 N–H and O–H groups in total. The second-order valence-electron chi connectivity index (χ2n) is 4.62. The summed E-state index contributed by atoms with van der Waals surface area (Å²) >= 11 is 0. The van der Waals surface area contributed by atoms with Gasteiger partial charge in [0.15, 0.2) is 0 Å². The van der Waals surface area contributed by atoms with E-state index in [2.05, 4.69) is 10.6 Å². The minimum Gasteiger partial charge on any atom is -0.481 e. The van der Waals surface area contributed by atoms with Gasteiger partial charge in [-0.15, -0.1) is 0 Å². The van der Waals surface area contributed by atoms with Gasteiger partial charge in [-0.3, -0.25) is 4.79 Å². The average Bonchev–Trinajstić information content (AvgIpc) is 2.62. The molecule has 2 unspecified atom stereocenters. The lowest BCUT2D eigenvalue weighted by Gasteiger charge is -2.19. The smallest absolute Gasteiger partial charge is 0.326 e. The zero-order chi connectivity index (χ0) is 13.7. The first-order chi connectivity index (χ1) is 8.40. The summed E-state index contributed by atoms with van der Waals surface area (Å²) < 4.78 is 0. The first-order valence-electron chi connectivity index (χ1n) is 5.91. The van der Waals surface area contributed by atoms with E-state index in [1.165, 1.54) is 0 Å². The molecule has 0 aromatic rings. The van der Waals surface area contributed by atoms with Crippen molar-refractivity contribution in [3.63, 3.8) is 0 Å². The maximum Gasteiger partial charge on any atom is 0.326 e. The van der Waals surface area contributed by atoms with Crippen LogP contribution in [-0.4, -0.2) is 40.3 Å². The van der Waals surface area contributed by atoms with Crippen molar-refractivity contribution >= 4 is 18.0 Å². The Morgan fingerprint density at radius 3 is 2.39 bits per heavy atom. The molecule has 0 aliphatic heterocycles. The number of carbonyl (C=O) groups excluding carboxylic acids is 1. The van der Waals surface area contributed by atoms with E-state index in [-0.39, 0.29) is 6.04 Å². The van der Waals surface area contributed by atoms with E-state index in [1.807, 2.05) is 6.92 Å². The van der Waals surface area contributed by atoms with Crippen LogP contribution in [0.15, 0.2) is 0 Å². The normalized spacial score (nSPS) is 24.3. The first kappa shape index (κ1) is 14.3. The highest BCUT2D eigenvalue weighted by Crippen LogP contribution is 2.24. The van der Waals surface area contributed by atoms with Crippen molar-refractivity contribution in [2.45, 2.75) is 44.7 Å². The van der Waals surface area contributed by atoms with Crippen molar-refractivity contribution in [3.8, 4) is 0 Å². The van der Waals surface area contributed by atoms with Gasteiger partial charge in [-0.05, 0) is 18.8 Å². The van der Waals surface area contributed by atoms with E-state index in [4.69, 9.17) is 10.2 Å². The quantitative estimate of drug-likeness (QED) is 0.569. The molecule has 0 spiro atoms. The number of hydrogen-bond acceptors (Lipinski definition) is 3. The molecule has 0 heterocycles. The van der Waals surface area contributed by atoms with Gasteiger partial charge in [0.25, 0.3) is 0 Å². The number of carboxylic acids is 2. The molecule has 0 bridgehead atoms. The predicted octanol–water partition coefficient (Wildman–Crippen LogP) is 0.402. The summed E-state index contributed by atoms with van der Waals surface area (Å²) in [5.41, 5.74) is 0. The molecule has 1 aliphatic carbocycles. The highest BCUT2D eigenvalue weighted by molar-refractivity contribution is 5.86. The Kier molecular flexibility index (Phi) is 4.94. The first-order valence-corrected chi connectivity index (χ1v) is 5.91. The lowest BCUT2D eigenvalue weighted by molar-refractivity contribution is -0.145. The third-order valence-corrected chi connectivity index (χ3v) is 3.16. The third-order valence-electron chi connectivity index (χ3n) is 3.16. The van der Waals surface area contributed by atoms with Crippen molar-refractivity contribution in [2.75, 3.05) is 0 Å². The van der Waals surface area contributed by atoms with Crippen LogP contribution in [-0.2, 0) is 9.59 Å². The molecule has 0 saturated heterocycles. The topological polar surface area (TPSA) is 116 Å². The number of amides is 2. The van der Waals surface area contributed by atoms with E-state index in [9.17, 15) is 14.4 Å². The maximum absolute atomic E-state index is 11.6. The Morgan fingerprint density at radius 2 is 1.94 bits per heavy atom. The number of hydrogen-bond donors (Lipinski definition) is 4. The summed E-state index contributed by atoms with van der Waals surface area (Å²) in [6, 6.07) is -1.99. The molecule has 1 fully saturated rings. The van der Waals surface area contributed by atoms with Crippen molar-refractivity contribution in [1.82, 2.24) is 10.6 Å². The van der Waals surface area contributed by atoms with Gasteiger partial charge >= 0.3 is 18.0 Å². The van der Waals surface area contributed by atoms with Crippen LogP contribution in [0.1, 0.15) is 32.6 Å². The van der Waals surface area contributed by atoms with E-state index >= 15 is 0 Å². The molecule has 0 aromatic carbocycles. The molecular weight excluding hydrogens is 240 g/mol. The Balaban J connectivity index is 2.45. The van der Waals surface area contributed by atoms with Gasteiger partial charge in [0, 0.05) is 6.04 Å². The monoisotopic (exact) mass is 258 g/mol. The van der Waals surface area contributed by atoms with Crippen LogP contribution in [0.2, 0.25) is 0 Å². The number of carboxylic acid groups (broad SMARTS) is 2. The molecule has 1 rings (SSSR count). The summed E-state index contributed by atoms with van der Waals surface area (Å²) in [4.78, 5) is 32.8. The summed E-state index contributed by atoms with van der Waals surface area (Å²) in [5, 5.41) is 22.2. The zero-order valence-corrected chi connectivity index (χ0v) is 10.2. The fraction of sp³-hybridized carbons (Fsp3) is 0.727. The summed E-state index contributed by atoms with van der Waals surface area (Å²) in [6.07, 6.45) is 2.29. The van der Waals surface area contributed by atoms with Crippen molar-refractivity contribution in [2.24, 2.45) is 5.92 Å². The van der Waals surface area contributed by atoms with E-state index in [1.54, 1.807) is 0 Å². The molecule has 0 radical (unpaired) electrons. The Bertz CT molecular complexity index is 344. The number of carbonyl (C=O) groups is 3. The average molecular weight is 258 g/mol. The van der Waals surface area contributed by atoms with Crippen LogP contribution >= 0.6 is 0 Å². The highest BCUT2D eigenvalue weighted by Gasteiger charge is 2.27. The van der Waals surface area contributed by atoms with Crippen LogP contribution in [0.5, 0.6) is 0 Å². The largest absolute Gasteiger partial charge is 0.481 e. The third kappa shape index (κ3) is 4.23. The van der Waals surface area contributed by atoms with Gasteiger partial charge in [-0.2, -0.15) is 0 Å². The molecule has 1 aliphatic rings. The van der Waals surface area contributed by atoms with Gasteiger partial charge in [0.05, 0.1) is 6.42 Å². The van der Waals surface area contributed by atoms with Crippen molar-refractivity contribution in [3.05, 3.63) is 0 Å². The minimum absolute atomic E-state index is 0.0317. The van der Waals surface area contributed by atoms with Crippen LogP contribution in [0.25, 0.3) is 0 Å². The highest BCUT2D eigenvalue weighted by atomic mass is 16.4. The molecule has 0 aromatic heterocycles. The van der Waals surface area contributed by atoms with E-state index in [0.29, 0.717) is 5.92 Å². The summed E-state index contributed by atoms with van der Waals surface area (Å²) in [7, 11) is 0. The molecule has 7 nitrogen and oxygen atoms in total. The van der Waals surface area contributed by atoms with E-state index < -0.39 is 30.4 Å². The lowest BCUT2D eigenvalue weighted by atomic mass is 10.1. The minimum atomic E-state index is -1.40. The summed E-state index contributed by atoms with van der Waals surface area (Å²) in [5.74, 6) is -2.26. The van der Waals surface area contributed by atoms with Crippen LogP contribution in [0.4, 0.5) is 4.79 Å². The molecule has 1 saturated carbocycles. The zero-order valence-electron chi connectivity index (χ0n) is 10.2. The number of aliphatic carboxylic acids is 2. The Labute approximate surface area is 105 Å². The van der Waals surface area contributed by atoms with Gasteiger partial charge in [0.2, 0.25) is 0 Å². The fourth-order valence-electron chi connectivity index (χ4n) is 2.10. The number of urea groups is 1. The van der Waals surface area contributed by atoms with Crippen LogP contribution in [0.3, 0.4) is 0 Å². The lowest BCUT2D eigenvalue weighted by Crippen LogP contribution is -2.50. The Morgan fingerprint density at radius 1 is 1.28 bits per heavy atom. The second kappa shape index (κ2) is 6.23. The van der Waals surface area contributed by atoms with Crippen LogP contribution < -0.4 is 10.6 Å². The standard InChI is InChI=1S/C11H18N2O5/c1-6-3-2-4-7(6)12-11(18)13-8(10(16)17)5-9(14)15/h6-8H,2-5H2,1H3,(H,14,15)(H,16,17)(H2,12,13,18)/t6?,7?,8-/m1/s1. The van der Waals surface area contributed by atoms with Crippen LogP contribution in [0, 0.1) is 5.92 Å². The molecule has 102 valence electrons. The van der Waals surface area contributed by atoms with Gasteiger partial charge in [0.1, 0.15) is 6.04 Å². The summed E-state index contributed by atoms with van der Waals surface area (Å²) in [6.45, 7) is 2.02. The molecule has 2 amide bonds. The van der Waals surface area contributed by atoms with Gasteiger partial charge < -0.3 is 20.8 Å². The van der Waals surface area contributed by atoms with Crippen molar-refractivity contribution < 1.29 is 24.6 Å². The molecule has 3 atom stereocenters. The van der Waals surface area contributed by atoms with Gasteiger partial charge in [-0.25, -0.2) is 9.59 Å². The molecular formula is C11H18N2O5. The fourth-order valence-corrected chi connectivity index (χ4v) is 2.10. The molecule has 7 heteroatoms. The predicted molar refractivity (Wildman–Crippen MR) is 62.1 cm³/mol.